The van der Waals surface area contributed by atoms with E-state index in [9.17, 15) is 4.79 Å². The average Bonchev–Trinajstić information content (AvgIpc) is 1.88. The van der Waals surface area contributed by atoms with Gasteiger partial charge in [0.1, 0.15) is 0 Å². The Morgan fingerprint density at radius 3 is 2.30 bits per heavy atom. The molecule has 0 saturated heterocycles. The van der Waals surface area contributed by atoms with Gasteiger partial charge in [-0.1, -0.05) is 6.58 Å². The highest BCUT2D eigenvalue weighted by Crippen LogP contribution is 1.98. The van der Waals surface area contributed by atoms with Crippen LogP contribution in [0.2, 0.25) is 0 Å². The lowest BCUT2D eigenvalue weighted by molar-refractivity contribution is 0.215. The number of rotatable bonds is 2. The highest BCUT2D eigenvalue weighted by molar-refractivity contribution is 5.75. The third-order valence-electron chi connectivity index (χ3n) is 1.24. The van der Waals surface area contributed by atoms with Crippen molar-refractivity contribution in [3.8, 4) is 0 Å². The standard InChI is InChI=1S/C7H14N2O/c1-5-9(6(2)3)7(10)8-4/h2,5H2,1,3-4H3,(H,8,10). The molecule has 0 aromatic rings. The van der Waals surface area contributed by atoms with Crippen LogP contribution in [0.15, 0.2) is 12.3 Å². The molecule has 0 heterocycles. The monoisotopic (exact) mass is 142 g/mol. The fourth-order valence-electron chi connectivity index (χ4n) is 0.722. The van der Waals surface area contributed by atoms with Gasteiger partial charge in [-0.05, 0) is 13.8 Å². The lowest BCUT2D eigenvalue weighted by Crippen LogP contribution is -2.36. The average molecular weight is 142 g/mol. The summed E-state index contributed by atoms with van der Waals surface area (Å²) < 4.78 is 0. The van der Waals surface area contributed by atoms with E-state index in [4.69, 9.17) is 0 Å². The van der Waals surface area contributed by atoms with Crippen molar-refractivity contribution in [2.24, 2.45) is 0 Å². The summed E-state index contributed by atoms with van der Waals surface area (Å²) in [5, 5.41) is 2.52. The first-order valence-corrected chi connectivity index (χ1v) is 3.28. The summed E-state index contributed by atoms with van der Waals surface area (Å²) in [6.07, 6.45) is 0. The van der Waals surface area contributed by atoms with Crippen molar-refractivity contribution in [3.05, 3.63) is 12.3 Å². The lowest BCUT2D eigenvalue weighted by Gasteiger charge is -2.19. The van der Waals surface area contributed by atoms with Gasteiger partial charge in [0, 0.05) is 19.3 Å². The SMILES string of the molecule is C=C(C)N(CC)C(=O)NC. The van der Waals surface area contributed by atoms with Crippen LogP contribution in [0.5, 0.6) is 0 Å². The van der Waals surface area contributed by atoms with Crippen molar-refractivity contribution >= 4 is 6.03 Å². The molecule has 0 spiro atoms. The normalized spacial score (nSPS) is 8.70. The van der Waals surface area contributed by atoms with Crippen molar-refractivity contribution < 1.29 is 4.79 Å². The van der Waals surface area contributed by atoms with Crippen LogP contribution in [0.25, 0.3) is 0 Å². The van der Waals surface area contributed by atoms with Gasteiger partial charge >= 0.3 is 6.03 Å². The van der Waals surface area contributed by atoms with Crippen molar-refractivity contribution in [2.75, 3.05) is 13.6 Å². The first-order chi connectivity index (χ1) is 4.63. The van der Waals surface area contributed by atoms with E-state index in [1.54, 1.807) is 18.9 Å². The fraction of sp³-hybridized carbons (Fsp3) is 0.571. The predicted molar refractivity (Wildman–Crippen MR) is 41.6 cm³/mol. The topological polar surface area (TPSA) is 32.3 Å². The number of nitrogens with zero attached hydrogens (tertiary/aromatic N) is 1. The van der Waals surface area contributed by atoms with Gasteiger partial charge in [-0.25, -0.2) is 4.79 Å². The Kier molecular flexibility index (Phi) is 3.54. The van der Waals surface area contributed by atoms with Gasteiger partial charge in [0.2, 0.25) is 0 Å². The molecule has 0 rings (SSSR count). The number of urea groups is 1. The van der Waals surface area contributed by atoms with Crippen LogP contribution in [0.3, 0.4) is 0 Å². The molecule has 0 atom stereocenters. The molecule has 0 aromatic heterocycles. The van der Waals surface area contributed by atoms with Crippen LogP contribution in [0, 0.1) is 0 Å². The Bertz CT molecular complexity index is 143. The Balaban J connectivity index is 4.06. The molecule has 0 aliphatic carbocycles. The van der Waals surface area contributed by atoms with Crippen molar-refractivity contribution in [1.29, 1.82) is 0 Å². The van der Waals surface area contributed by atoms with Crippen molar-refractivity contribution in [1.82, 2.24) is 10.2 Å². The van der Waals surface area contributed by atoms with E-state index >= 15 is 0 Å². The Labute approximate surface area is 61.7 Å². The zero-order chi connectivity index (χ0) is 8.15. The van der Waals surface area contributed by atoms with Crippen molar-refractivity contribution in [3.63, 3.8) is 0 Å². The van der Waals surface area contributed by atoms with Crippen LogP contribution < -0.4 is 5.32 Å². The second kappa shape index (κ2) is 3.93. The fourth-order valence-corrected chi connectivity index (χ4v) is 0.722. The summed E-state index contributed by atoms with van der Waals surface area (Å²) in [6, 6.07) is -0.102. The highest BCUT2D eigenvalue weighted by atomic mass is 16.2. The second-order valence-corrected chi connectivity index (χ2v) is 2.03. The Morgan fingerprint density at radius 2 is 2.20 bits per heavy atom. The van der Waals surface area contributed by atoms with Gasteiger partial charge in [-0.3, -0.25) is 4.90 Å². The van der Waals surface area contributed by atoms with E-state index in [0.717, 1.165) is 5.70 Å². The molecule has 0 saturated carbocycles. The highest BCUT2D eigenvalue weighted by Gasteiger charge is 2.07. The molecular weight excluding hydrogens is 128 g/mol. The molecule has 58 valence electrons. The molecule has 0 aliphatic heterocycles. The number of carbonyl (C=O) groups is 1. The maximum atomic E-state index is 10.9. The number of hydrogen-bond acceptors (Lipinski definition) is 1. The number of amides is 2. The lowest BCUT2D eigenvalue weighted by atomic mass is 10.4. The molecule has 3 nitrogen and oxygen atoms in total. The summed E-state index contributed by atoms with van der Waals surface area (Å²) in [6.45, 7) is 8.03. The number of nitrogens with one attached hydrogen (secondary N) is 1. The quantitative estimate of drug-likeness (QED) is 0.617. The van der Waals surface area contributed by atoms with Gasteiger partial charge < -0.3 is 5.32 Å². The minimum atomic E-state index is -0.102. The molecule has 0 bridgehead atoms. The van der Waals surface area contributed by atoms with Gasteiger partial charge in [0.15, 0.2) is 0 Å². The molecule has 0 fully saturated rings. The van der Waals surface area contributed by atoms with Gasteiger partial charge in [-0.15, -0.1) is 0 Å². The van der Waals surface area contributed by atoms with E-state index in [-0.39, 0.29) is 6.03 Å². The van der Waals surface area contributed by atoms with Gasteiger partial charge in [-0.2, -0.15) is 0 Å². The largest absolute Gasteiger partial charge is 0.341 e. The molecule has 2 amide bonds. The summed E-state index contributed by atoms with van der Waals surface area (Å²) in [5.41, 5.74) is 0.766. The summed E-state index contributed by atoms with van der Waals surface area (Å²) in [4.78, 5) is 12.5. The zero-order valence-corrected chi connectivity index (χ0v) is 6.77. The van der Waals surface area contributed by atoms with Crippen LogP contribution in [0.4, 0.5) is 4.79 Å². The molecule has 10 heavy (non-hydrogen) atoms. The smallest absolute Gasteiger partial charge is 0.321 e. The zero-order valence-electron chi connectivity index (χ0n) is 6.77. The van der Waals surface area contributed by atoms with E-state index in [2.05, 4.69) is 11.9 Å². The van der Waals surface area contributed by atoms with Crippen LogP contribution in [0.1, 0.15) is 13.8 Å². The summed E-state index contributed by atoms with van der Waals surface area (Å²) >= 11 is 0. The first-order valence-electron chi connectivity index (χ1n) is 3.28. The number of hydrogen-bond donors (Lipinski definition) is 1. The first kappa shape index (κ1) is 9.01. The molecule has 0 aromatic carbocycles. The second-order valence-electron chi connectivity index (χ2n) is 2.03. The third kappa shape index (κ3) is 2.09. The molecular formula is C7H14N2O. The Morgan fingerprint density at radius 1 is 1.70 bits per heavy atom. The van der Waals surface area contributed by atoms with Gasteiger partial charge in [0.25, 0.3) is 0 Å². The molecule has 0 unspecified atom stereocenters. The predicted octanol–water partition coefficient (Wildman–Crippen LogP) is 1.18. The van der Waals surface area contributed by atoms with E-state index in [1.165, 1.54) is 0 Å². The minimum absolute atomic E-state index is 0.102. The van der Waals surface area contributed by atoms with Crippen LogP contribution in [-0.4, -0.2) is 24.5 Å². The maximum absolute atomic E-state index is 10.9. The number of carbonyl (C=O) groups excluding carboxylic acids is 1. The molecule has 0 aliphatic rings. The van der Waals surface area contributed by atoms with Gasteiger partial charge in [0.05, 0.1) is 0 Å². The molecule has 3 heteroatoms. The number of allylic oxidation sites excluding steroid dienone is 1. The van der Waals surface area contributed by atoms with E-state index < -0.39 is 0 Å². The van der Waals surface area contributed by atoms with Crippen LogP contribution >= 0.6 is 0 Å². The minimum Gasteiger partial charge on any atom is -0.341 e. The van der Waals surface area contributed by atoms with E-state index in [0.29, 0.717) is 6.54 Å². The van der Waals surface area contributed by atoms with Crippen LogP contribution in [-0.2, 0) is 0 Å². The van der Waals surface area contributed by atoms with Crippen molar-refractivity contribution in [2.45, 2.75) is 13.8 Å². The maximum Gasteiger partial charge on any atom is 0.321 e. The third-order valence-corrected chi connectivity index (χ3v) is 1.24. The molecule has 0 radical (unpaired) electrons. The molecule has 1 N–H and O–H groups in total. The van der Waals surface area contributed by atoms with E-state index in [1.807, 2.05) is 6.92 Å². The summed E-state index contributed by atoms with van der Waals surface area (Å²) in [5.74, 6) is 0. The summed E-state index contributed by atoms with van der Waals surface area (Å²) in [7, 11) is 1.61. The Hall–Kier alpha value is -0.990.